The molecule has 1 aliphatic heterocycles. The summed E-state index contributed by atoms with van der Waals surface area (Å²) >= 11 is 0. The zero-order chi connectivity index (χ0) is 16.2. The van der Waals surface area contributed by atoms with Gasteiger partial charge in [0.1, 0.15) is 11.9 Å². The van der Waals surface area contributed by atoms with Gasteiger partial charge in [-0.2, -0.15) is 4.98 Å². The van der Waals surface area contributed by atoms with Gasteiger partial charge in [0.15, 0.2) is 0 Å². The van der Waals surface area contributed by atoms with Crippen LogP contribution in [0.4, 0.5) is 0 Å². The summed E-state index contributed by atoms with van der Waals surface area (Å²) in [5.41, 5.74) is 1.58. The van der Waals surface area contributed by atoms with Gasteiger partial charge in [-0.25, -0.2) is 4.98 Å². The van der Waals surface area contributed by atoms with E-state index < -0.39 is 0 Å². The third-order valence-corrected chi connectivity index (χ3v) is 3.89. The number of likely N-dealkylation sites (tertiary alicyclic amines) is 1. The molecule has 3 heterocycles. The maximum absolute atomic E-state index is 12.4. The molecule has 1 saturated heterocycles. The second kappa shape index (κ2) is 6.73. The molecular weight excluding hydrogens is 292 g/mol. The third kappa shape index (κ3) is 3.83. The average Bonchev–Trinajstić information content (AvgIpc) is 2.55. The molecule has 0 radical (unpaired) electrons. The smallest absolute Gasteiger partial charge is 0.253 e. The second-order valence-electron chi connectivity index (χ2n) is 5.74. The van der Waals surface area contributed by atoms with Crippen LogP contribution in [0.2, 0.25) is 0 Å². The third-order valence-electron chi connectivity index (χ3n) is 3.89. The zero-order valence-corrected chi connectivity index (χ0v) is 13.4. The molecule has 0 atom stereocenters. The van der Waals surface area contributed by atoms with Crippen molar-refractivity contribution in [3.8, 4) is 5.88 Å². The minimum atomic E-state index is 0.0552. The number of rotatable bonds is 3. The van der Waals surface area contributed by atoms with Crippen LogP contribution >= 0.6 is 0 Å². The van der Waals surface area contributed by atoms with Crippen molar-refractivity contribution in [2.24, 2.45) is 0 Å². The van der Waals surface area contributed by atoms with Crippen LogP contribution < -0.4 is 4.74 Å². The Balaban J connectivity index is 1.57. The molecule has 0 N–H and O–H groups in total. The van der Waals surface area contributed by atoms with E-state index in [1.54, 1.807) is 24.5 Å². The van der Waals surface area contributed by atoms with Gasteiger partial charge in [-0.1, -0.05) is 0 Å². The van der Waals surface area contributed by atoms with E-state index in [1.165, 1.54) is 0 Å². The molecule has 0 aliphatic carbocycles. The number of carbonyl (C=O) groups excluding carboxylic acids is 1. The van der Waals surface area contributed by atoms with E-state index in [4.69, 9.17) is 4.74 Å². The van der Waals surface area contributed by atoms with Crippen LogP contribution in [0.3, 0.4) is 0 Å². The molecule has 1 amide bonds. The lowest BCUT2D eigenvalue weighted by atomic mass is 10.1. The summed E-state index contributed by atoms with van der Waals surface area (Å²) in [6.07, 6.45) is 4.98. The summed E-state index contributed by atoms with van der Waals surface area (Å²) < 4.78 is 5.95. The fourth-order valence-electron chi connectivity index (χ4n) is 2.77. The molecule has 0 saturated carbocycles. The number of piperidine rings is 1. The summed E-state index contributed by atoms with van der Waals surface area (Å²) in [5.74, 6) is 1.39. The summed E-state index contributed by atoms with van der Waals surface area (Å²) in [7, 11) is 0. The van der Waals surface area contributed by atoms with Crippen molar-refractivity contribution in [3.05, 3.63) is 47.7 Å². The first-order chi connectivity index (χ1) is 11.1. The van der Waals surface area contributed by atoms with Crippen LogP contribution in [0.5, 0.6) is 5.88 Å². The Bertz CT molecular complexity index is 662. The van der Waals surface area contributed by atoms with E-state index in [-0.39, 0.29) is 12.0 Å². The first kappa shape index (κ1) is 15.4. The van der Waals surface area contributed by atoms with Crippen LogP contribution in [0.1, 0.15) is 34.7 Å². The molecule has 6 nitrogen and oxygen atoms in total. The Morgan fingerprint density at radius 3 is 2.52 bits per heavy atom. The molecule has 120 valence electrons. The molecule has 1 fully saturated rings. The highest BCUT2D eigenvalue weighted by Gasteiger charge is 2.25. The zero-order valence-electron chi connectivity index (χ0n) is 13.4. The Kier molecular flexibility index (Phi) is 4.50. The van der Waals surface area contributed by atoms with Gasteiger partial charge >= 0.3 is 0 Å². The number of pyridine rings is 1. The predicted octanol–water partition coefficient (Wildman–Crippen LogP) is 2.17. The van der Waals surface area contributed by atoms with Gasteiger partial charge in [-0.3, -0.25) is 9.78 Å². The average molecular weight is 312 g/mol. The number of carbonyl (C=O) groups is 1. The number of hydrogen-bond acceptors (Lipinski definition) is 5. The standard InChI is InChI=1S/C17H20N4O2/c1-12-11-16(20-13(2)19-12)23-15-5-9-21(10-6-15)17(22)14-3-7-18-8-4-14/h3-4,7-8,11,15H,5-6,9-10H2,1-2H3. The Morgan fingerprint density at radius 1 is 1.17 bits per heavy atom. The van der Waals surface area contributed by atoms with Crippen molar-refractivity contribution in [3.63, 3.8) is 0 Å². The summed E-state index contributed by atoms with van der Waals surface area (Å²) in [4.78, 5) is 26.8. The molecule has 0 aromatic carbocycles. The van der Waals surface area contributed by atoms with Crippen LogP contribution in [-0.2, 0) is 0 Å². The highest BCUT2D eigenvalue weighted by Crippen LogP contribution is 2.19. The number of hydrogen-bond donors (Lipinski definition) is 0. The van der Waals surface area contributed by atoms with Crippen molar-refractivity contribution in [2.45, 2.75) is 32.8 Å². The monoisotopic (exact) mass is 312 g/mol. The maximum Gasteiger partial charge on any atom is 0.253 e. The van der Waals surface area contributed by atoms with Gasteiger partial charge < -0.3 is 9.64 Å². The molecule has 0 unspecified atom stereocenters. The maximum atomic E-state index is 12.4. The SMILES string of the molecule is Cc1cc(OC2CCN(C(=O)c3ccncc3)CC2)nc(C)n1. The van der Waals surface area contributed by atoms with E-state index in [0.717, 1.165) is 18.5 Å². The first-order valence-electron chi connectivity index (χ1n) is 7.80. The molecule has 0 spiro atoms. The molecule has 6 heteroatoms. The molecule has 2 aromatic rings. The lowest BCUT2D eigenvalue weighted by molar-refractivity contribution is 0.0587. The fraction of sp³-hybridized carbons (Fsp3) is 0.412. The van der Waals surface area contributed by atoms with Gasteiger partial charge in [0, 0.05) is 55.6 Å². The van der Waals surface area contributed by atoms with Gasteiger partial charge in [0.05, 0.1) is 0 Å². The fourth-order valence-corrected chi connectivity index (χ4v) is 2.77. The normalized spacial score (nSPS) is 15.5. The van der Waals surface area contributed by atoms with Crippen molar-refractivity contribution in [1.82, 2.24) is 19.9 Å². The lowest BCUT2D eigenvalue weighted by Crippen LogP contribution is -2.41. The van der Waals surface area contributed by atoms with Crippen LogP contribution in [0.15, 0.2) is 30.6 Å². The molecule has 1 aliphatic rings. The van der Waals surface area contributed by atoms with Crippen molar-refractivity contribution < 1.29 is 9.53 Å². The molecule has 23 heavy (non-hydrogen) atoms. The largest absolute Gasteiger partial charge is 0.474 e. The minimum Gasteiger partial charge on any atom is -0.474 e. The van der Waals surface area contributed by atoms with Crippen LogP contribution in [0, 0.1) is 13.8 Å². The van der Waals surface area contributed by atoms with Crippen molar-refractivity contribution in [1.29, 1.82) is 0 Å². The topological polar surface area (TPSA) is 68.2 Å². The lowest BCUT2D eigenvalue weighted by Gasteiger charge is -2.32. The van der Waals surface area contributed by atoms with Gasteiger partial charge in [0.2, 0.25) is 5.88 Å². The van der Waals surface area contributed by atoms with E-state index in [1.807, 2.05) is 24.8 Å². The summed E-state index contributed by atoms with van der Waals surface area (Å²) in [6.45, 7) is 5.16. The molecule has 0 bridgehead atoms. The number of nitrogens with zero attached hydrogens (tertiary/aromatic N) is 4. The Morgan fingerprint density at radius 2 is 1.87 bits per heavy atom. The van der Waals surface area contributed by atoms with E-state index in [2.05, 4.69) is 15.0 Å². The predicted molar refractivity (Wildman–Crippen MR) is 85.3 cm³/mol. The quantitative estimate of drug-likeness (QED) is 0.869. The van der Waals surface area contributed by atoms with E-state index >= 15 is 0 Å². The number of aromatic nitrogens is 3. The van der Waals surface area contributed by atoms with E-state index in [9.17, 15) is 4.79 Å². The van der Waals surface area contributed by atoms with Crippen LogP contribution in [-0.4, -0.2) is 45.0 Å². The Labute approximate surface area is 135 Å². The summed E-state index contributed by atoms with van der Waals surface area (Å²) in [6, 6.07) is 5.34. The minimum absolute atomic E-state index is 0.0552. The van der Waals surface area contributed by atoms with Gasteiger partial charge in [-0.15, -0.1) is 0 Å². The van der Waals surface area contributed by atoms with Crippen LogP contribution in [0.25, 0.3) is 0 Å². The first-order valence-corrected chi connectivity index (χ1v) is 7.80. The molecule has 2 aromatic heterocycles. The number of amides is 1. The second-order valence-corrected chi connectivity index (χ2v) is 5.74. The molecule has 3 rings (SSSR count). The van der Waals surface area contributed by atoms with Gasteiger partial charge in [-0.05, 0) is 26.0 Å². The highest BCUT2D eigenvalue weighted by molar-refractivity contribution is 5.94. The Hall–Kier alpha value is -2.50. The van der Waals surface area contributed by atoms with Crippen molar-refractivity contribution >= 4 is 5.91 Å². The van der Waals surface area contributed by atoms with Gasteiger partial charge in [0.25, 0.3) is 5.91 Å². The molecular formula is C17H20N4O2. The summed E-state index contributed by atoms with van der Waals surface area (Å²) in [5, 5.41) is 0. The highest BCUT2D eigenvalue weighted by atomic mass is 16.5. The van der Waals surface area contributed by atoms with Crippen molar-refractivity contribution in [2.75, 3.05) is 13.1 Å². The number of ether oxygens (including phenoxy) is 1. The number of aryl methyl sites for hydroxylation is 2. The van der Waals surface area contributed by atoms with E-state index in [0.29, 0.717) is 30.4 Å².